The van der Waals surface area contributed by atoms with E-state index >= 15 is 0 Å². The zero-order valence-electron chi connectivity index (χ0n) is 19.0. The number of hydrogen-bond acceptors (Lipinski definition) is 4. The summed E-state index contributed by atoms with van der Waals surface area (Å²) in [5.74, 6) is -0.590. The van der Waals surface area contributed by atoms with Crippen LogP contribution in [-0.2, 0) is 6.42 Å². The van der Waals surface area contributed by atoms with Crippen molar-refractivity contribution in [3.8, 4) is 16.9 Å². The highest BCUT2D eigenvalue weighted by molar-refractivity contribution is 5.92. The number of nitrogens with one attached hydrogen (secondary N) is 1. The molecule has 0 saturated heterocycles. The fraction of sp³-hybridized carbons (Fsp3) is 0.296. The predicted molar refractivity (Wildman–Crippen MR) is 134 cm³/mol. The van der Waals surface area contributed by atoms with Crippen molar-refractivity contribution in [2.75, 3.05) is 13.2 Å². The van der Waals surface area contributed by atoms with Gasteiger partial charge in [-0.15, -0.1) is 12.4 Å². The van der Waals surface area contributed by atoms with Crippen molar-refractivity contribution in [1.82, 2.24) is 5.32 Å². The first-order valence-corrected chi connectivity index (χ1v) is 11.0. The Labute approximate surface area is 201 Å². The van der Waals surface area contributed by atoms with Crippen molar-refractivity contribution in [2.24, 2.45) is 0 Å². The molecule has 0 fully saturated rings. The van der Waals surface area contributed by atoms with Gasteiger partial charge in [0.25, 0.3) is 0 Å². The van der Waals surface area contributed by atoms with Crippen LogP contribution in [0.4, 0.5) is 0 Å². The van der Waals surface area contributed by atoms with Gasteiger partial charge in [-0.1, -0.05) is 67.6 Å². The Morgan fingerprint density at radius 3 is 2.30 bits per heavy atom. The van der Waals surface area contributed by atoms with Crippen LogP contribution in [0.3, 0.4) is 0 Å². The molecule has 3 rings (SSSR count). The lowest BCUT2D eigenvalue weighted by Crippen LogP contribution is -2.32. The van der Waals surface area contributed by atoms with Crippen LogP contribution in [0.15, 0.2) is 72.8 Å². The summed E-state index contributed by atoms with van der Waals surface area (Å²) in [4.78, 5) is 11.5. The fourth-order valence-corrected chi connectivity index (χ4v) is 3.57. The van der Waals surface area contributed by atoms with E-state index in [9.17, 15) is 15.0 Å². The summed E-state index contributed by atoms with van der Waals surface area (Å²) >= 11 is 0. The molecule has 0 bridgehead atoms. The van der Waals surface area contributed by atoms with E-state index in [4.69, 9.17) is 4.74 Å². The van der Waals surface area contributed by atoms with Gasteiger partial charge in [0.05, 0.1) is 12.7 Å². The van der Waals surface area contributed by atoms with Crippen LogP contribution in [0.1, 0.15) is 47.9 Å². The number of carboxylic acids is 1. The normalized spacial score (nSPS) is 12.5. The third-order valence-corrected chi connectivity index (χ3v) is 5.35. The summed E-state index contributed by atoms with van der Waals surface area (Å²) < 4.78 is 5.65. The van der Waals surface area contributed by atoms with Gasteiger partial charge in [0, 0.05) is 12.6 Å². The van der Waals surface area contributed by atoms with Gasteiger partial charge in [0.15, 0.2) is 0 Å². The molecule has 0 unspecified atom stereocenters. The van der Waals surface area contributed by atoms with Gasteiger partial charge in [-0.2, -0.15) is 0 Å². The lowest BCUT2D eigenvalue weighted by Gasteiger charge is -2.18. The van der Waals surface area contributed by atoms with Crippen LogP contribution in [-0.4, -0.2) is 35.4 Å². The zero-order valence-corrected chi connectivity index (χ0v) is 19.8. The third kappa shape index (κ3) is 7.60. The maximum atomic E-state index is 11.5. The van der Waals surface area contributed by atoms with Gasteiger partial charge in [0.1, 0.15) is 11.3 Å². The average Bonchev–Trinajstić information content (AvgIpc) is 2.82. The smallest absolute Gasteiger partial charge is 0.339 e. The van der Waals surface area contributed by atoms with Crippen molar-refractivity contribution in [1.29, 1.82) is 0 Å². The molecule has 0 spiro atoms. The van der Waals surface area contributed by atoms with Crippen LogP contribution in [0.5, 0.6) is 5.75 Å². The summed E-state index contributed by atoms with van der Waals surface area (Å²) in [6.45, 7) is 5.07. The molecule has 176 valence electrons. The van der Waals surface area contributed by atoms with Crippen LogP contribution in [0.2, 0.25) is 0 Å². The molecule has 3 aromatic carbocycles. The lowest BCUT2D eigenvalue weighted by molar-refractivity contribution is 0.0692. The molecule has 0 amide bonds. The van der Waals surface area contributed by atoms with Gasteiger partial charge < -0.3 is 20.3 Å². The van der Waals surface area contributed by atoms with Crippen molar-refractivity contribution < 1.29 is 19.7 Å². The summed E-state index contributed by atoms with van der Waals surface area (Å²) in [7, 11) is 0. The standard InChI is InChI=1S/C27H31NO4.ClH/c1-3-15-32-26-17-23(13-14-24(26)27(30)31)21-11-9-20(10-12-21)16-19(2)28-18-25(29)22-7-5-4-6-8-22;/h4-14,17,19,25,28-29H,3,15-16,18H2,1-2H3,(H,30,31);1H/t19-,25+;/m1./s1. The van der Waals surface area contributed by atoms with Crippen molar-refractivity contribution in [3.63, 3.8) is 0 Å². The molecule has 0 aliphatic rings. The van der Waals surface area contributed by atoms with Crippen molar-refractivity contribution in [3.05, 3.63) is 89.5 Å². The van der Waals surface area contributed by atoms with Crippen molar-refractivity contribution in [2.45, 2.75) is 38.8 Å². The molecular weight excluding hydrogens is 438 g/mol. The van der Waals surface area contributed by atoms with E-state index in [-0.39, 0.29) is 24.0 Å². The number of rotatable bonds is 11. The molecule has 0 radical (unpaired) electrons. The van der Waals surface area contributed by atoms with Gasteiger partial charge in [-0.05, 0) is 54.2 Å². The highest BCUT2D eigenvalue weighted by Crippen LogP contribution is 2.28. The fourth-order valence-electron chi connectivity index (χ4n) is 3.57. The number of hydrogen-bond donors (Lipinski definition) is 3. The summed E-state index contributed by atoms with van der Waals surface area (Å²) in [6.07, 6.45) is 1.12. The molecule has 0 aromatic heterocycles. The largest absolute Gasteiger partial charge is 0.493 e. The first kappa shape index (κ1) is 26.4. The molecule has 3 aromatic rings. The Bertz CT molecular complexity index is 1010. The van der Waals surface area contributed by atoms with E-state index in [2.05, 4.69) is 24.4 Å². The topological polar surface area (TPSA) is 78.8 Å². The highest BCUT2D eigenvalue weighted by atomic mass is 35.5. The number of halogens is 1. The molecule has 0 aliphatic heterocycles. The second-order valence-corrected chi connectivity index (χ2v) is 8.00. The lowest BCUT2D eigenvalue weighted by atomic mass is 9.99. The van der Waals surface area contributed by atoms with Crippen molar-refractivity contribution >= 4 is 18.4 Å². The van der Waals surface area contributed by atoms with E-state index in [0.717, 1.165) is 29.5 Å². The third-order valence-electron chi connectivity index (χ3n) is 5.35. The van der Waals surface area contributed by atoms with Crippen LogP contribution in [0, 0.1) is 0 Å². The minimum Gasteiger partial charge on any atom is -0.493 e. The van der Waals surface area contributed by atoms with Crippen LogP contribution in [0.25, 0.3) is 11.1 Å². The Kier molecular flexibility index (Phi) is 10.4. The zero-order chi connectivity index (χ0) is 22.9. The van der Waals surface area contributed by atoms with Crippen LogP contribution >= 0.6 is 12.4 Å². The molecule has 3 N–H and O–H groups in total. The molecular formula is C27H32ClNO4. The number of aliphatic hydroxyl groups excluding tert-OH is 1. The maximum Gasteiger partial charge on any atom is 0.339 e. The molecule has 0 heterocycles. The maximum absolute atomic E-state index is 11.5. The molecule has 0 aliphatic carbocycles. The summed E-state index contributed by atoms with van der Waals surface area (Å²) in [5.41, 5.74) is 4.20. The summed E-state index contributed by atoms with van der Waals surface area (Å²) in [5, 5.41) is 23.1. The molecule has 2 atom stereocenters. The highest BCUT2D eigenvalue weighted by Gasteiger charge is 2.13. The molecule has 0 saturated carbocycles. The number of ether oxygens (including phenoxy) is 1. The van der Waals surface area contributed by atoms with E-state index < -0.39 is 12.1 Å². The number of benzene rings is 3. The number of aromatic carboxylic acids is 1. The van der Waals surface area contributed by atoms with E-state index in [1.807, 2.05) is 55.5 Å². The molecule has 5 nitrogen and oxygen atoms in total. The average molecular weight is 470 g/mol. The second kappa shape index (κ2) is 13.0. The number of carbonyl (C=O) groups is 1. The van der Waals surface area contributed by atoms with E-state index in [1.54, 1.807) is 12.1 Å². The first-order valence-electron chi connectivity index (χ1n) is 11.0. The monoisotopic (exact) mass is 469 g/mol. The quantitative estimate of drug-likeness (QED) is 0.345. The van der Waals surface area contributed by atoms with Gasteiger partial charge in [0.2, 0.25) is 0 Å². The first-order chi connectivity index (χ1) is 15.5. The number of aliphatic hydroxyl groups is 1. The predicted octanol–water partition coefficient (Wildman–Crippen LogP) is 5.52. The Balaban J connectivity index is 0.00000385. The minimum atomic E-state index is -0.989. The van der Waals surface area contributed by atoms with Gasteiger partial charge in [-0.25, -0.2) is 4.79 Å². The van der Waals surface area contributed by atoms with Gasteiger partial charge in [-0.3, -0.25) is 0 Å². The molecule has 6 heteroatoms. The Morgan fingerprint density at radius 1 is 1.00 bits per heavy atom. The SMILES string of the molecule is CCCOc1cc(-c2ccc(C[C@@H](C)NC[C@H](O)c3ccccc3)cc2)ccc1C(=O)O.Cl. The van der Waals surface area contributed by atoms with Gasteiger partial charge >= 0.3 is 5.97 Å². The second-order valence-electron chi connectivity index (χ2n) is 8.00. The molecule has 33 heavy (non-hydrogen) atoms. The minimum absolute atomic E-state index is 0. The Morgan fingerprint density at radius 2 is 1.67 bits per heavy atom. The van der Waals surface area contributed by atoms with E-state index in [0.29, 0.717) is 18.9 Å². The van der Waals surface area contributed by atoms with Crippen LogP contribution < -0.4 is 10.1 Å². The Hall–Kier alpha value is -2.86. The summed E-state index contributed by atoms with van der Waals surface area (Å²) in [6, 6.07) is 23.3. The van der Waals surface area contributed by atoms with E-state index in [1.165, 1.54) is 5.56 Å². The number of carboxylic acid groups (broad SMARTS) is 1.